The van der Waals surface area contributed by atoms with Crippen LogP contribution in [0, 0.1) is 5.92 Å². The van der Waals surface area contributed by atoms with Gasteiger partial charge in [-0.25, -0.2) is 0 Å². The molecule has 0 aliphatic rings. The highest BCUT2D eigenvalue weighted by molar-refractivity contribution is 6.63. The predicted octanol–water partition coefficient (Wildman–Crippen LogP) is 3.91. The molecule has 0 saturated carbocycles. The third kappa shape index (κ3) is 7.49. The Morgan fingerprint density at radius 3 is 2.22 bits per heavy atom. The molecule has 0 aliphatic heterocycles. The third-order valence-electron chi connectivity index (χ3n) is 2.69. The molecule has 0 amide bonds. The summed E-state index contributed by atoms with van der Waals surface area (Å²) in [5, 5.41) is 4.08. The summed E-state index contributed by atoms with van der Waals surface area (Å²) >= 11 is 5.11. The minimum atomic E-state index is -0.223. The molecule has 18 heavy (non-hydrogen) atoms. The first-order valence-corrected chi connectivity index (χ1v) is 6.73. The number of aromatic nitrogens is 2. The number of nitrogens with zero attached hydrogens (tertiary/aromatic N) is 2. The molecule has 1 atom stereocenters. The van der Waals surface area contributed by atoms with Gasteiger partial charge in [0.15, 0.2) is 0 Å². The molecule has 3 nitrogen and oxygen atoms in total. The molecule has 0 aliphatic carbocycles. The van der Waals surface area contributed by atoms with E-state index in [1.54, 1.807) is 0 Å². The maximum Gasteiger partial charge on any atom is 0.221 e. The summed E-state index contributed by atoms with van der Waals surface area (Å²) in [6.45, 7) is 10.5. The van der Waals surface area contributed by atoms with Gasteiger partial charge in [-0.15, -0.1) is 0 Å². The van der Waals surface area contributed by atoms with Gasteiger partial charge in [0, 0.05) is 25.1 Å². The van der Waals surface area contributed by atoms with E-state index in [4.69, 9.17) is 11.6 Å². The molecule has 0 radical (unpaired) electrons. The molecule has 104 valence electrons. The molecule has 0 aromatic carbocycles. The summed E-state index contributed by atoms with van der Waals surface area (Å²) in [5.74, 6) is 0.444. The number of hydrogen-bond donors (Lipinski definition) is 0. The van der Waals surface area contributed by atoms with Crippen LogP contribution in [0.2, 0.25) is 0 Å². The van der Waals surface area contributed by atoms with Crippen LogP contribution in [0.4, 0.5) is 0 Å². The van der Waals surface area contributed by atoms with Crippen LogP contribution in [-0.2, 0) is 17.3 Å². The molecule has 1 rings (SSSR count). The van der Waals surface area contributed by atoms with Crippen molar-refractivity contribution in [1.29, 1.82) is 0 Å². The van der Waals surface area contributed by atoms with E-state index < -0.39 is 0 Å². The molecule has 0 saturated heterocycles. The van der Waals surface area contributed by atoms with Gasteiger partial charge in [0.2, 0.25) is 5.24 Å². The largest absolute Gasteiger partial charge is 0.281 e. The zero-order valence-electron chi connectivity index (χ0n) is 12.3. The quantitative estimate of drug-likeness (QED) is 0.782. The molecule has 1 aromatic heterocycles. The van der Waals surface area contributed by atoms with Gasteiger partial charge in [-0.05, 0) is 23.6 Å². The second kappa shape index (κ2) is 7.57. The second-order valence-electron chi connectivity index (χ2n) is 5.70. The number of carbonyl (C=O) groups excluding carboxylic acids is 1. The van der Waals surface area contributed by atoms with Crippen LogP contribution in [0.25, 0.3) is 0 Å². The van der Waals surface area contributed by atoms with E-state index in [2.05, 4.69) is 31.9 Å². The lowest BCUT2D eigenvalue weighted by Gasteiger charge is -2.13. The van der Waals surface area contributed by atoms with Crippen LogP contribution in [0.1, 0.15) is 53.2 Å². The van der Waals surface area contributed by atoms with Gasteiger partial charge >= 0.3 is 0 Å². The highest BCUT2D eigenvalue weighted by Gasteiger charge is 2.15. The highest BCUT2D eigenvalue weighted by atomic mass is 35.5. The average Bonchev–Trinajstić information content (AvgIpc) is 2.64. The minimum absolute atomic E-state index is 0.182. The SMILES string of the molecule is CCC(C)CC(=O)Cl.Cn1ccc(C(C)(C)C)n1. The topological polar surface area (TPSA) is 34.9 Å². The van der Waals surface area contributed by atoms with E-state index in [1.165, 1.54) is 0 Å². The zero-order valence-corrected chi connectivity index (χ0v) is 13.1. The van der Waals surface area contributed by atoms with Crippen molar-refractivity contribution in [1.82, 2.24) is 9.78 Å². The summed E-state index contributed by atoms with van der Waals surface area (Å²) < 4.78 is 1.83. The van der Waals surface area contributed by atoms with E-state index in [9.17, 15) is 4.79 Å². The molecular weight excluding hydrogens is 248 g/mol. The van der Waals surface area contributed by atoms with Gasteiger partial charge in [0.1, 0.15) is 0 Å². The van der Waals surface area contributed by atoms with Crippen molar-refractivity contribution in [3.05, 3.63) is 18.0 Å². The highest BCUT2D eigenvalue weighted by Crippen LogP contribution is 2.18. The maximum absolute atomic E-state index is 10.2. The Bertz CT molecular complexity index is 366. The molecule has 0 N–H and O–H groups in total. The third-order valence-corrected chi connectivity index (χ3v) is 2.84. The molecule has 0 bridgehead atoms. The van der Waals surface area contributed by atoms with Crippen LogP contribution in [-0.4, -0.2) is 15.0 Å². The molecule has 1 heterocycles. The Morgan fingerprint density at radius 2 is 2.06 bits per heavy atom. The standard InChI is InChI=1S/C8H14N2.C6H11ClO/c1-8(2,3)7-5-6-10(4)9-7;1-3-5(2)4-6(7)8/h5-6H,1-4H3;5H,3-4H2,1-2H3. The number of hydrogen-bond acceptors (Lipinski definition) is 2. The first-order valence-electron chi connectivity index (χ1n) is 6.35. The molecule has 4 heteroatoms. The Balaban J connectivity index is 0.000000331. The monoisotopic (exact) mass is 272 g/mol. The first kappa shape index (κ1) is 17.2. The van der Waals surface area contributed by atoms with Crippen molar-refractivity contribution in [3.8, 4) is 0 Å². The fourth-order valence-electron chi connectivity index (χ4n) is 1.23. The van der Waals surface area contributed by atoms with Crippen molar-refractivity contribution in [2.45, 2.75) is 52.9 Å². The van der Waals surface area contributed by atoms with Gasteiger partial charge in [-0.2, -0.15) is 5.10 Å². The Hall–Kier alpha value is -0.830. The van der Waals surface area contributed by atoms with E-state index >= 15 is 0 Å². The van der Waals surface area contributed by atoms with E-state index in [0.29, 0.717) is 12.3 Å². The van der Waals surface area contributed by atoms with Gasteiger partial charge in [0.25, 0.3) is 0 Å². The summed E-state index contributed by atoms with van der Waals surface area (Å²) in [6.07, 6.45) is 3.51. The summed E-state index contributed by atoms with van der Waals surface area (Å²) in [7, 11) is 1.94. The summed E-state index contributed by atoms with van der Waals surface area (Å²) in [5.41, 5.74) is 1.33. The fourth-order valence-corrected chi connectivity index (χ4v) is 1.50. The number of halogens is 1. The molecule has 0 fully saturated rings. The fraction of sp³-hybridized carbons (Fsp3) is 0.714. The Kier molecular flexibility index (Phi) is 7.22. The van der Waals surface area contributed by atoms with Gasteiger partial charge < -0.3 is 0 Å². The number of aryl methyl sites for hydroxylation is 1. The van der Waals surface area contributed by atoms with E-state index in [1.807, 2.05) is 31.8 Å². The number of carbonyl (C=O) groups is 1. The van der Waals surface area contributed by atoms with Crippen molar-refractivity contribution in [2.75, 3.05) is 0 Å². The summed E-state index contributed by atoms with van der Waals surface area (Å²) in [4.78, 5) is 10.2. The van der Waals surface area contributed by atoms with Crippen molar-refractivity contribution in [3.63, 3.8) is 0 Å². The van der Waals surface area contributed by atoms with Crippen molar-refractivity contribution >= 4 is 16.8 Å². The second-order valence-corrected chi connectivity index (χ2v) is 6.12. The number of rotatable bonds is 3. The van der Waals surface area contributed by atoms with Crippen LogP contribution in [0.5, 0.6) is 0 Å². The lowest BCUT2D eigenvalue weighted by Crippen LogP contribution is -2.12. The lowest BCUT2D eigenvalue weighted by atomic mass is 9.93. The zero-order chi connectivity index (χ0) is 14.3. The smallest absolute Gasteiger partial charge is 0.221 e. The van der Waals surface area contributed by atoms with Gasteiger partial charge in [0.05, 0.1) is 5.69 Å². The predicted molar refractivity (Wildman–Crippen MR) is 76.8 cm³/mol. The first-order chi connectivity index (χ1) is 8.16. The molecular formula is C14H25ClN2O. The summed E-state index contributed by atoms with van der Waals surface area (Å²) in [6, 6.07) is 2.06. The molecule has 1 unspecified atom stereocenters. The Morgan fingerprint density at radius 1 is 1.50 bits per heavy atom. The maximum atomic E-state index is 10.2. The van der Waals surface area contributed by atoms with Crippen LogP contribution in [0.15, 0.2) is 12.3 Å². The normalized spacial score (nSPS) is 12.6. The van der Waals surface area contributed by atoms with Crippen LogP contribution < -0.4 is 0 Å². The molecule has 1 aromatic rings. The minimum Gasteiger partial charge on any atom is -0.281 e. The van der Waals surface area contributed by atoms with Gasteiger partial charge in [-0.3, -0.25) is 9.48 Å². The van der Waals surface area contributed by atoms with Crippen molar-refractivity contribution < 1.29 is 4.79 Å². The Labute approximate surface area is 116 Å². The van der Waals surface area contributed by atoms with E-state index in [-0.39, 0.29) is 10.7 Å². The average molecular weight is 273 g/mol. The molecule has 0 spiro atoms. The van der Waals surface area contributed by atoms with Crippen LogP contribution in [0.3, 0.4) is 0 Å². The van der Waals surface area contributed by atoms with Gasteiger partial charge in [-0.1, -0.05) is 41.0 Å². The van der Waals surface area contributed by atoms with Crippen LogP contribution >= 0.6 is 11.6 Å². The van der Waals surface area contributed by atoms with Crippen molar-refractivity contribution in [2.24, 2.45) is 13.0 Å². The lowest BCUT2D eigenvalue weighted by molar-refractivity contribution is -0.112. The van der Waals surface area contributed by atoms with E-state index in [0.717, 1.165) is 12.1 Å².